The largest absolute Gasteiger partial charge is 0.463 e. The minimum absolute atomic E-state index is 0.588. The summed E-state index contributed by atoms with van der Waals surface area (Å²) < 4.78 is 6.02. The highest BCUT2D eigenvalue weighted by Crippen LogP contribution is 2.19. The molecule has 1 aliphatic rings. The molecular weight excluding hydrogens is 250 g/mol. The van der Waals surface area contributed by atoms with Crippen LogP contribution in [0, 0.1) is 6.92 Å². The van der Waals surface area contributed by atoms with E-state index in [1.54, 1.807) is 0 Å². The van der Waals surface area contributed by atoms with Gasteiger partial charge in [0.2, 0.25) is 0 Å². The Bertz CT molecular complexity index is 416. The average molecular weight is 279 g/mol. The lowest BCUT2D eigenvalue weighted by atomic mass is 10.2. The molecule has 1 aliphatic heterocycles. The number of furan rings is 1. The Morgan fingerprint density at radius 2 is 2.20 bits per heavy atom. The second kappa shape index (κ2) is 7.25. The highest BCUT2D eigenvalue weighted by molar-refractivity contribution is 5.20. The first kappa shape index (κ1) is 15.5. The Kier molecular flexibility index (Phi) is 5.64. The van der Waals surface area contributed by atoms with Gasteiger partial charge in [0.15, 0.2) is 0 Å². The molecule has 1 atom stereocenters. The molecule has 4 nitrogen and oxygen atoms in total. The first-order valence-corrected chi connectivity index (χ1v) is 7.81. The third-order valence-corrected chi connectivity index (χ3v) is 4.15. The predicted molar refractivity (Wildman–Crippen MR) is 82.8 cm³/mol. The Balaban J connectivity index is 1.98. The monoisotopic (exact) mass is 279 g/mol. The van der Waals surface area contributed by atoms with Gasteiger partial charge in [0, 0.05) is 19.1 Å². The number of nitrogens with zero attached hydrogens (tertiary/aromatic N) is 2. The molecule has 1 aromatic heterocycles. The van der Waals surface area contributed by atoms with Crippen molar-refractivity contribution in [2.45, 2.75) is 46.3 Å². The summed E-state index contributed by atoms with van der Waals surface area (Å²) in [6.45, 7) is 12.8. The van der Waals surface area contributed by atoms with E-state index in [0.717, 1.165) is 44.2 Å². The van der Waals surface area contributed by atoms with Crippen LogP contribution >= 0.6 is 0 Å². The van der Waals surface area contributed by atoms with Crippen molar-refractivity contribution >= 4 is 0 Å². The van der Waals surface area contributed by atoms with E-state index in [0.29, 0.717) is 6.04 Å². The molecule has 0 bridgehead atoms. The lowest BCUT2D eigenvalue weighted by Crippen LogP contribution is -2.37. The summed E-state index contributed by atoms with van der Waals surface area (Å²) in [5.74, 6) is 2.19. The van der Waals surface area contributed by atoms with E-state index in [1.807, 2.05) is 0 Å². The van der Waals surface area contributed by atoms with Crippen molar-refractivity contribution in [2.24, 2.45) is 0 Å². The van der Waals surface area contributed by atoms with Gasteiger partial charge in [0.25, 0.3) is 0 Å². The molecule has 114 valence electrons. The first-order valence-electron chi connectivity index (χ1n) is 7.81. The summed E-state index contributed by atoms with van der Waals surface area (Å²) in [5, 5.41) is 3.33. The van der Waals surface area contributed by atoms with E-state index in [1.165, 1.54) is 18.5 Å². The van der Waals surface area contributed by atoms with Gasteiger partial charge in [-0.2, -0.15) is 0 Å². The Hall–Kier alpha value is -0.840. The number of hydrogen-bond acceptors (Lipinski definition) is 4. The fourth-order valence-electron chi connectivity index (χ4n) is 2.94. The molecule has 0 radical (unpaired) electrons. The third kappa shape index (κ3) is 4.08. The number of nitrogens with one attached hydrogen (secondary N) is 1. The van der Waals surface area contributed by atoms with Crippen molar-refractivity contribution < 1.29 is 4.42 Å². The number of likely N-dealkylation sites (N-methyl/N-ethyl adjacent to an activating group) is 1. The summed E-state index contributed by atoms with van der Waals surface area (Å²) in [6, 6.07) is 2.79. The summed E-state index contributed by atoms with van der Waals surface area (Å²) >= 11 is 0. The van der Waals surface area contributed by atoms with Crippen LogP contribution in [0.25, 0.3) is 0 Å². The van der Waals surface area contributed by atoms with E-state index in [9.17, 15) is 0 Å². The lowest BCUT2D eigenvalue weighted by Gasteiger charge is -2.26. The minimum Gasteiger partial charge on any atom is -0.463 e. The van der Waals surface area contributed by atoms with Crippen LogP contribution in [0.1, 0.15) is 37.4 Å². The lowest BCUT2D eigenvalue weighted by molar-refractivity contribution is 0.180. The predicted octanol–water partition coefficient (Wildman–Crippen LogP) is 2.22. The Morgan fingerprint density at radius 3 is 2.95 bits per heavy atom. The fourth-order valence-corrected chi connectivity index (χ4v) is 2.94. The van der Waals surface area contributed by atoms with Crippen molar-refractivity contribution in [1.82, 2.24) is 15.1 Å². The molecule has 0 spiro atoms. The molecule has 0 saturated carbocycles. The van der Waals surface area contributed by atoms with Crippen LogP contribution in [0.15, 0.2) is 10.5 Å². The fraction of sp³-hybridized carbons (Fsp3) is 0.750. The molecule has 1 aromatic rings. The molecular formula is C16H29N3O. The Morgan fingerprint density at radius 1 is 1.40 bits per heavy atom. The van der Waals surface area contributed by atoms with Crippen LogP contribution in [0.3, 0.4) is 0 Å². The van der Waals surface area contributed by atoms with E-state index >= 15 is 0 Å². The van der Waals surface area contributed by atoms with Crippen molar-refractivity contribution in [3.63, 3.8) is 0 Å². The molecule has 1 saturated heterocycles. The SMILES string of the molecule is CCNCc1oc(CN2CCCN(C)CC2C)cc1C. The molecule has 1 fully saturated rings. The van der Waals surface area contributed by atoms with Crippen LogP contribution in [0.4, 0.5) is 0 Å². The minimum atomic E-state index is 0.588. The molecule has 20 heavy (non-hydrogen) atoms. The average Bonchev–Trinajstić information content (AvgIpc) is 2.66. The normalized spacial score (nSPS) is 22.1. The van der Waals surface area contributed by atoms with Crippen LogP contribution in [-0.4, -0.2) is 49.1 Å². The maximum Gasteiger partial charge on any atom is 0.120 e. The van der Waals surface area contributed by atoms with Gasteiger partial charge in [-0.3, -0.25) is 4.90 Å². The Labute approximate surface area is 123 Å². The first-order chi connectivity index (χ1) is 9.60. The smallest absolute Gasteiger partial charge is 0.120 e. The standard InChI is InChI=1S/C16H29N3O/c1-5-17-10-16-13(2)9-15(20-16)12-19-8-6-7-18(4)11-14(19)3/h9,14,17H,5-8,10-12H2,1-4H3. The van der Waals surface area contributed by atoms with Gasteiger partial charge >= 0.3 is 0 Å². The molecule has 1 unspecified atom stereocenters. The van der Waals surface area contributed by atoms with Crippen molar-refractivity contribution in [2.75, 3.05) is 33.2 Å². The highest BCUT2D eigenvalue weighted by atomic mass is 16.3. The van der Waals surface area contributed by atoms with Crippen molar-refractivity contribution in [3.05, 3.63) is 23.2 Å². The van der Waals surface area contributed by atoms with Crippen molar-refractivity contribution in [1.29, 1.82) is 0 Å². The van der Waals surface area contributed by atoms with Gasteiger partial charge in [-0.05, 0) is 52.0 Å². The zero-order valence-corrected chi connectivity index (χ0v) is 13.4. The number of aryl methyl sites for hydroxylation is 1. The molecule has 1 N–H and O–H groups in total. The van der Waals surface area contributed by atoms with Gasteiger partial charge < -0.3 is 14.6 Å². The van der Waals surface area contributed by atoms with Crippen LogP contribution in [0.5, 0.6) is 0 Å². The van der Waals surface area contributed by atoms with Gasteiger partial charge in [-0.25, -0.2) is 0 Å². The van der Waals surface area contributed by atoms with E-state index < -0.39 is 0 Å². The van der Waals surface area contributed by atoms with E-state index in [-0.39, 0.29) is 0 Å². The molecule has 2 rings (SSSR count). The van der Waals surface area contributed by atoms with Gasteiger partial charge in [-0.1, -0.05) is 6.92 Å². The highest BCUT2D eigenvalue weighted by Gasteiger charge is 2.21. The molecule has 0 aliphatic carbocycles. The maximum atomic E-state index is 6.02. The van der Waals surface area contributed by atoms with Gasteiger partial charge in [0.1, 0.15) is 11.5 Å². The summed E-state index contributed by atoms with van der Waals surface area (Å²) in [5.41, 5.74) is 1.26. The summed E-state index contributed by atoms with van der Waals surface area (Å²) in [6.07, 6.45) is 1.24. The second-order valence-electron chi connectivity index (χ2n) is 6.03. The maximum absolute atomic E-state index is 6.02. The van der Waals surface area contributed by atoms with Gasteiger partial charge in [-0.15, -0.1) is 0 Å². The molecule has 0 aromatic carbocycles. The second-order valence-corrected chi connectivity index (χ2v) is 6.03. The van der Waals surface area contributed by atoms with E-state index in [4.69, 9.17) is 4.42 Å². The van der Waals surface area contributed by atoms with E-state index in [2.05, 4.69) is 49.0 Å². The van der Waals surface area contributed by atoms with Crippen molar-refractivity contribution in [3.8, 4) is 0 Å². The van der Waals surface area contributed by atoms with Crippen LogP contribution in [-0.2, 0) is 13.1 Å². The quantitative estimate of drug-likeness (QED) is 0.895. The third-order valence-electron chi connectivity index (χ3n) is 4.15. The topological polar surface area (TPSA) is 31.7 Å². The molecule has 2 heterocycles. The zero-order valence-electron chi connectivity index (χ0n) is 13.4. The number of hydrogen-bond donors (Lipinski definition) is 1. The molecule has 4 heteroatoms. The van der Waals surface area contributed by atoms with Gasteiger partial charge in [0.05, 0.1) is 13.1 Å². The zero-order chi connectivity index (χ0) is 14.5. The molecule has 0 amide bonds. The van der Waals surface area contributed by atoms with Crippen LogP contribution < -0.4 is 5.32 Å². The summed E-state index contributed by atoms with van der Waals surface area (Å²) in [4.78, 5) is 4.97. The number of rotatable bonds is 5. The van der Waals surface area contributed by atoms with Crippen LogP contribution in [0.2, 0.25) is 0 Å². The summed E-state index contributed by atoms with van der Waals surface area (Å²) in [7, 11) is 2.21.